The van der Waals surface area contributed by atoms with Gasteiger partial charge in [-0.05, 0) is 42.7 Å². The number of hydrogen-bond donors (Lipinski definition) is 2. The predicted molar refractivity (Wildman–Crippen MR) is 97.2 cm³/mol. The third kappa shape index (κ3) is 3.68. The molecule has 122 valence electrons. The number of carbonyl (C=O) groups excluding carboxylic acids is 1. The number of fused-ring (bicyclic) bond motifs is 1. The second kappa shape index (κ2) is 7.08. The molecule has 0 saturated carbocycles. The second-order valence-corrected chi connectivity index (χ2v) is 5.75. The Morgan fingerprint density at radius 1 is 1.08 bits per heavy atom. The van der Waals surface area contributed by atoms with Crippen LogP contribution >= 0.6 is 0 Å². The summed E-state index contributed by atoms with van der Waals surface area (Å²) in [7, 11) is 0. The SMILES string of the molecule is CC(=O)Nc1ccc(CCNc2ncnc3cccc(C)c23)cc1. The number of aromatic nitrogens is 2. The fourth-order valence-corrected chi connectivity index (χ4v) is 2.70. The molecule has 0 spiro atoms. The first-order valence-electron chi connectivity index (χ1n) is 7.94. The topological polar surface area (TPSA) is 66.9 Å². The monoisotopic (exact) mass is 320 g/mol. The quantitative estimate of drug-likeness (QED) is 0.754. The van der Waals surface area contributed by atoms with Crippen molar-refractivity contribution in [2.75, 3.05) is 17.2 Å². The number of carbonyl (C=O) groups is 1. The first kappa shape index (κ1) is 15.9. The summed E-state index contributed by atoms with van der Waals surface area (Å²) in [6.07, 6.45) is 2.46. The van der Waals surface area contributed by atoms with Crippen molar-refractivity contribution in [2.24, 2.45) is 0 Å². The number of amides is 1. The number of nitrogens with one attached hydrogen (secondary N) is 2. The Kier molecular flexibility index (Phi) is 4.70. The molecular formula is C19H20N4O. The highest BCUT2D eigenvalue weighted by atomic mass is 16.1. The Labute approximate surface area is 141 Å². The van der Waals surface area contributed by atoms with Crippen LogP contribution in [-0.4, -0.2) is 22.4 Å². The van der Waals surface area contributed by atoms with Crippen LogP contribution < -0.4 is 10.6 Å². The lowest BCUT2D eigenvalue weighted by molar-refractivity contribution is -0.114. The summed E-state index contributed by atoms with van der Waals surface area (Å²) in [5, 5.41) is 7.24. The molecule has 0 unspecified atom stereocenters. The Morgan fingerprint density at radius 3 is 2.62 bits per heavy atom. The number of anilines is 2. The summed E-state index contributed by atoms with van der Waals surface area (Å²) in [6, 6.07) is 14.0. The smallest absolute Gasteiger partial charge is 0.221 e. The van der Waals surface area contributed by atoms with Crippen molar-refractivity contribution in [1.29, 1.82) is 0 Å². The fourth-order valence-electron chi connectivity index (χ4n) is 2.70. The molecule has 1 aromatic heterocycles. The van der Waals surface area contributed by atoms with Gasteiger partial charge in [-0.3, -0.25) is 4.79 Å². The third-order valence-corrected chi connectivity index (χ3v) is 3.85. The second-order valence-electron chi connectivity index (χ2n) is 5.75. The molecule has 0 bridgehead atoms. The maximum absolute atomic E-state index is 11.0. The number of rotatable bonds is 5. The standard InChI is InChI=1S/C19H20N4O/c1-13-4-3-5-17-18(13)19(22-12-21-17)20-11-10-15-6-8-16(9-7-15)23-14(2)24/h3-9,12H,10-11H2,1-2H3,(H,23,24)(H,20,21,22). The van der Waals surface area contributed by atoms with E-state index in [2.05, 4.69) is 33.6 Å². The van der Waals surface area contributed by atoms with Crippen molar-refractivity contribution < 1.29 is 4.79 Å². The van der Waals surface area contributed by atoms with Gasteiger partial charge in [0.1, 0.15) is 12.1 Å². The van der Waals surface area contributed by atoms with Gasteiger partial charge in [-0.2, -0.15) is 0 Å². The molecule has 0 saturated heterocycles. The van der Waals surface area contributed by atoms with Crippen molar-refractivity contribution in [1.82, 2.24) is 9.97 Å². The number of aryl methyl sites for hydroxylation is 1. The van der Waals surface area contributed by atoms with Crippen LogP contribution in [-0.2, 0) is 11.2 Å². The Balaban J connectivity index is 1.66. The van der Waals surface area contributed by atoms with E-state index in [9.17, 15) is 4.79 Å². The highest BCUT2D eigenvalue weighted by Crippen LogP contribution is 2.22. The van der Waals surface area contributed by atoms with Crippen LogP contribution in [0.15, 0.2) is 48.8 Å². The van der Waals surface area contributed by atoms with Gasteiger partial charge in [-0.15, -0.1) is 0 Å². The number of hydrogen-bond acceptors (Lipinski definition) is 4. The van der Waals surface area contributed by atoms with Crippen molar-refractivity contribution in [2.45, 2.75) is 20.3 Å². The average Bonchev–Trinajstić information content (AvgIpc) is 2.56. The maximum atomic E-state index is 11.0. The highest BCUT2D eigenvalue weighted by molar-refractivity contribution is 5.91. The summed E-state index contributed by atoms with van der Waals surface area (Å²) in [4.78, 5) is 19.7. The molecule has 2 aromatic carbocycles. The molecule has 1 heterocycles. The van der Waals surface area contributed by atoms with E-state index in [4.69, 9.17) is 0 Å². The van der Waals surface area contributed by atoms with Gasteiger partial charge in [-0.25, -0.2) is 9.97 Å². The zero-order chi connectivity index (χ0) is 16.9. The maximum Gasteiger partial charge on any atom is 0.221 e. The molecule has 3 rings (SSSR count). The van der Waals surface area contributed by atoms with E-state index in [1.807, 2.05) is 36.4 Å². The van der Waals surface area contributed by atoms with Gasteiger partial charge in [0.2, 0.25) is 5.91 Å². The van der Waals surface area contributed by atoms with Gasteiger partial charge in [0.15, 0.2) is 0 Å². The van der Waals surface area contributed by atoms with Gasteiger partial charge in [0.05, 0.1) is 5.52 Å². The zero-order valence-corrected chi connectivity index (χ0v) is 13.8. The molecule has 0 aliphatic carbocycles. The molecule has 0 aliphatic rings. The molecule has 0 aliphatic heterocycles. The minimum atomic E-state index is -0.0598. The zero-order valence-electron chi connectivity index (χ0n) is 13.8. The van der Waals surface area contributed by atoms with Crippen LogP contribution in [0.1, 0.15) is 18.1 Å². The summed E-state index contributed by atoms with van der Waals surface area (Å²) in [5.74, 6) is 0.809. The lowest BCUT2D eigenvalue weighted by Crippen LogP contribution is -2.08. The van der Waals surface area contributed by atoms with Gasteiger partial charge >= 0.3 is 0 Å². The highest BCUT2D eigenvalue weighted by Gasteiger charge is 2.05. The van der Waals surface area contributed by atoms with Crippen LogP contribution in [0.5, 0.6) is 0 Å². The van der Waals surface area contributed by atoms with Gasteiger partial charge in [0, 0.05) is 24.5 Å². The lowest BCUT2D eigenvalue weighted by Gasteiger charge is -2.10. The largest absolute Gasteiger partial charge is 0.369 e. The molecule has 0 atom stereocenters. The van der Waals surface area contributed by atoms with Crippen LogP contribution in [0, 0.1) is 6.92 Å². The van der Waals surface area contributed by atoms with E-state index in [-0.39, 0.29) is 5.91 Å². The molecule has 5 heteroatoms. The molecule has 0 radical (unpaired) electrons. The van der Waals surface area contributed by atoms with E-state index in [0.29, 0.717) is 0 Å². The summed E-state index contributed by atoms with van der Waals surface area (Å²) in [6.45, 7) is 4.35. The van der Waals surface area contributed by atoms with Gasteiger partial charge in [0.25, 0.3) is 0 Å². The number of nitrogens with zero attached hydrogens (tertiary/aromatic N) is 2. The molecule has 3 aromatic rings. The van der Waals surface area contributed by atoms with E-state index >= 15 is 0 Å². The molecular weight excluding hydrogens is 300 g/mol. The van der Waals surface area contributed by atoms with Crippen molar-refractivity contribution >= 4 is 28.3 Å². The minimum absolute atomic E-state index is 0.0598. The van der Waals surface area contributed by atoms with E-state index in [0.717, 1.165) is 40.9 Å². The Morgan fingerprint density at radius 2 is 1.88 bits per heavy atom. The van der Waals surface area contributed by atoms with Gasteiger partial charge in [-0.1, -0.05) is 24.3 Å². The van der Waals surface area contributed by atoms with Crippen molar-refractivity contribution in [3.63, 3.8) is 0 Å². The van der Waals surface area contributed by atoms with E-state index in [1.165, 1.54) is 12.5 Å². The Hall–Kier alpha value is -2.95. The van der Waals surface area contributed by atoms with Crippen molar-refractivity contribution in [3.05, 3.63) is 59.9 Å². The minimum Gasteiger partial charge on any atom is -0.369 e. The summed E-state index contributed by atoms with van der Waals surface area (Å²) in [5.41, 5.74) is 4.13. The normalized spacial score (nSPS) is 10.6. The van der Waals surface area contributed by atoms with Crippen LogP contribution in [0.2, 0.25) is 0 Å². The number of benzene rings is 2. The summed E-state index contributed by atoms with van der Waals surface area (Å²) < 4.78 is 0. The lowest BCUT2D eigenvalue weighted by atomic mass is 10.1. The molecule has 0 fully saturated rings. The first-order valence-corrected chi connectivity index (χ1v) is 7.94. The third-order valence-electron chi connectivity index (χ3n) is 3.85. The van der Waals surface area contributed by atoms with Crippen LogP contribution in [0.4, 0.5) is 11.5 Å². The Bertz CT molecular complexity index is 854. The van der Waals surface area contributed by atoms with E-state index < -0.39 is 0 Å². The molecule has 5 nitrogen and oxygen atoms in total. The fraction of sp³-hybridized carbons (Fsp3) is 0.211. The molecule has 1 amide bonds. The van der Waals surface area contributed by atoms with Crippen LogP contribution in [0.25, 0.3) is 10.9 Å². The van der Waals surface area contributed by atoms with Gasteiger partial charge < -0.3 is 10.6 Å². The van der Waals surface area contributed by atoms with Crippen molar-refractivity contribution in [3.8, 4) is 0 Å². The predicted octanol–water partition coefficient (Wildman–Crippen LogP) is 3.55. The average molecular weight is 320 g/mol. The molecule has 2 N–H and O–H groups in total. The molecule has 24 heavy (non-hydrogen) atoms. The van der Waals surface area contributed by atoms with Crippen LogP contribution in [0.3, 0.4) is 0 Å². The first-order chi connectivity index (χ1) is 11.6. The van der Waals surface area contributed by atoms with E-state index in [1.54, 1.807) is 6.33 Å². The summed E-state index contributed by atoms with van der Waals surface area (Å²) >= 11 is 0.